The molecule has 2 rings (SSSR count). The van der Waals surface area contributed by atoms with Crippen molar-refractivity contribution < 1.29 is 0 Å². The van der Waals surface area contributed by atoms with Gasteiger partial charge in [0.25, 0.3) is 0 Å². The molecule has 2 heterocycles. The van der Waals surface area contributed by atoms with Gasteiger partial charge < -0.3 is 10.6 Å². The average Bonchev–Trinajstić information content (AvgIpc) is 2.63. The fourth-order valence-corrected chi connectivity index (χ4v) is 3.83. The maximum Gasteiger partial charge on any atom is 0.0931 e. The number of hydrogen-bond donors (Lipinski definition) is 2. The van der Waals surface area contributed by atoms with Crippen LogP contribution in [0.25, 0.3) is 0 Å². The zero-order chi connectivity index (χ0) is 13.5. The van der Waals surface area contributed by atoms with Crippen molar-refractivity contribution >= 4 is 22.9 Å². The van der Waals surface area contributed by atoms with E-state index in [1.807, 2.05) is 6.07 Å². The lowest BCUT2D eigenvalue weighted by Crippen LogP contribution is -2.37. The quantitative estimate of drug-likeness (QED) is 0.834. The zero-order valence-electron chi connectivity index (χ0n) is 11.8. The van der Waals surface area contributed by atoms with Gasteiger partial charge in [0, 0.05) is 23.5 Å². The molecule has 2 unspecified atom stereocenters. The standard InChI is InChI=1S/C15H25ClN2S/c1-12(11-13-5-3-2-4-9-18-13)17-10-8-14-6-7-15(16)19-14/h6-7,12-13,17-18H,2-5,8-11H2,1H3. The van der Waals surface area contributed by atoms with Gasteiger partial charge in [-0.2, -0.15) is 0 Å². The summed E-state index contributed by atoms with van der Waals surface area (Å²) in [6, 6.07) is 5.42. The summed E-state index contributed by atoms with van der Waals surface area (Å²) >= 11 is 7.63. The number of thiophene rings is 1. The van der Waals surface area contributed by atoms with Crippen LogP contribution in [0.3, 0.4) is 0 Å². The Morgan fingerprint density at radius 3 is 3.11 bits per heavy atom. The number of rotatable bonds is 6. The van der Waals surface area contributed by atoms with E-state index >= 15 is 0 Å². The highest BCUT2D eigenvalue weighted by molar-refractivity contribution is 7.16. The minimum atomic E-state index is 0.589. The first-order valence-electron chi connectivity index (χ1n) is 7.45. The average molecular weight is 301 g/mol. The van der Waals surface area contributed by atoms with Gasteiger partial charge in [-0.05, 0) is 51.3 Å². The zero-order valence-corrected chi connectivity index (χ0v) is 13.3. The summed E-state index contributed by atoms with van der Waals surface area (Å²) in [7, 11) is 0. The molecule has 0 radical (unpaired) electrons. The molecule has 2 N–H and O–H groups in total. The Bertz CT molecular complexity index is 359. The van der Waals surface area contributed by atoms with Gasteiger partial charge in [0.15, 0.2) is 0 Å². The van der Waals surface area contributed by atoms with Crippen LogP contribution in [0.2, 0.25) is 4.34 Å². The van der Waals surface area contributed by atoms with Crippen LogP contribution in [0.1, 0.15) is 43.9 Å². The second kappa shape index (κ2) is 8.25. The third kappa shape index (κ3) is 5.82. The van der Waals surface area contributed by atoms with Gasteiger partial charge in [0.05, 0.1) is 4.34 Å². The molecule has 0 spiro atoms. The van der Waals surface area contributed by atoms with Crippen LogP contribution in [-0.2, 0) is 6.42 Å². The maximum absolute atomic E-state index is 5.94. The van der Waals surface area contributed by atoms with Crippen LogP contribution < -0.4 is 10.6 Å². The summed E-state index contributed by atoms with van der Waals surface area (Å²) in [5.74, 6) is 0. The first-order chi connectivity index (χ1) is 9.24. The first kappa shape index (κ1) is 15.3. The smallest absolute Gasteiger partial charge is 0.0931 e. The number of nitrogens with one attached hydrogen (secondary N) is 2. The summed E-state index contributed by atoms with van der Waals surface area (Å²) < 4.78 is 0.894. The van der Waals surface area contributed by atoms with E-state index in [4.69, 9.17) is 11.6 Å². The molecule has 0 bridgehead atoms. The van der Waals surface area contributed by atoms with Crippen LogP contribution in [0.4, 0.5) is 0 Å². The Morgan fingerprint density at radius 1 is 1.42 bits per heavy atom. The molecule has 0 aliphatic carbocycles. The molecular formula is C15H25ClN2S. The number of hydrogen-bond acceptors (Lipinski definition) is 3. The van der Waals surface area contributed by atoms with Gasteiger partial charge in [-0.3, -0.25) is 0 Å². The lowest BCUT2D eigenvalue weighted by molar-refractivity contribution is 0.405. The highest BCUT2D eigenvalue weighted by Crippen LogP contribution is 2.21. The van der Waals surface area contributed by atoms with Crippen molar-refractivity contribution in [2.75, 3.05) is 13.1 Å². The molecule has 0 aromatic carbocycles. The van der Waals surface area contributed by atoms with Gasteiger partial charge in [-0.1, -0.05) is 24.4 Å². The fourth-order valence-electron chi connectivity index (χ4n) is 2.74. The molecule has 2 atom stereocenters. The summed E-state index contributed by atoms with van der Waals surface area (Å²) in [5.41, 5.74) is 0. The highest BCUT2D eigenvalue weighted by Gasteiger charge is 2.14. The summed E-state index contributed by atoms with van der Waals surface area (Å²) in [4.78, 5) is 1.37. The van der Waals surface area contributed by atoms with Crippen molar-refractivity contribution in [3.63, 3.8) is 0 Å². The molecule has 0 saturated carbocycles. The Balaban J connectivity index is 1.62. The molecule has 1 aromatic heterocycles. The second-order valence-electron chi connectivity index (χ2n) is 5.55. The van der Waals surface area contributed by atoms with E-state index in [0.29, 0.717) is 12.1 Å². The van der Waals surface area contributed by atoms with E-state index in [1.165, 1.54) is 43.5 Å². The van der Waals surface area contributed by atoms with Crippen LogP contribution in [-0.4, -0.2) is 25.2 Å². The molecule has 1 fully saturated rings. The second-order valence-corrected chi connectivity index (χ2v) is 7.35. The lowest BCUT2D eigenvalue weighted by atomic mass is 10.0. The lowest BCUT2D eigenvalue weighted by Gasteiger charge is -2.21. The maximum atomic E-state index is 5.94. The Hall–Kier alpha value is -0.0900. The summed E-state index contributed by atoms with van der Waals surface area (Å²) in [5, 5.41) is 7.30. The van der Waals surface area contributed by atoms with Gasteiger partial charge in [0.2, 0.25) is 0 Å². The number of halogens is 1. The van der Waals surface area contributed by atoms with E-state index in [1.54, 1.807) is 11.3 Å². The van der Waals surface area contributed by atoms with Crippen molar-refractivity contribution in [1.29, 1.82) is 0 Å². The van der Waals surface area contributed by atoms with E-state index < -0.39 is 0 Å². The molecule has 19 heavy (non-hydrogen) atoms. The van der Waals surface area contributed by atoms with E-state index in [2.05, 4.69) is 23.6 Å². The van der Waals surface area contributed by atoms with Gasteiger partial charge in [0.1, 0.15) is 0 Å². The fraction of sp³-hybridized carbons (Fsp3) is 0.733. The first-order valence-corrected chi connectivity index (χ1v) is 8.64. The normalized spacial score (nSPS) is 22.1. The topological polar surface area (TPSA) is 24.1 Å². The van der Waals surface area contributed by atoms with Crippen molar-refractivity contribution in [2.45, 2.75) is 57.5 Å². The van der Waals surface area contributed by atoms with Gasteiger partial charge >= 0.3 is 0 Å². The minimum absolute atomic E-state index is 0.589. The molecule has 4 heteroatoms. The Morgan fingerprint density at radius 2 is 2.32 bits per heavy atom. The van der Waals surface area contributed by atoms with Crippen molar-refractivity contribution in [3.05, 3.63) is 21.3 Å². The van der Waals surface area contributed by atoms with Crippen molar-refractivity contribution in [1.82, 2.24) is 10.6 Å². The summed E-state index contributed by atoms with van der Waals surface area (Å²) in [6.45, 7) is 4.55. The predicted octanol–water partition coefficient (Wildman–Crippen LogP) is 3.84. The molecule has 2 nitrogen and oxygen atoms in total. The molecule has 108 valence electrons. The largest absolute Gasteiger partial charge is 0.314 e. The third-order valence-corrected chi connectivity index (χ3v) is 5.08. The Labute approximate surface area is 125 Å². The van der Waals surface area contributed by atoms with Crippen molar-refractivity contribution in [3.8, 4) is 0 Å². The molecule has 0 amide bonds. The van der Waals surface area contributed by atoms with E-state index in [9.17, 15) is 0 Å². The minimum Gasteiger partial charge on any atom is -0.314 e. The Kier molecular flexibility index (Phi) is 6.65. The molecule has 1 saturated heterocycles. The summed E-state index contributed by atoms with van der Waals surface area (Å²) in [6.07, 6.45) is 7.79. The van der Waals surface area contributed by atoms with Crippen LogP contribution in [0, 0.1) is 0 Å². The molecule has 1 aliphatic rings. The molecule has 1 aliphatic heterocycles. The van der Waals surface area contributed by atoms with Gasteiger partial charge in [-0.15, -0.1) is 11.3 Å². The predicted molar refractivity (Wildman–Crippen MR) is 85.4 cm³/mol. The van der Waals surface area contributed by atoms with Crippen LogP contribution in [0.15, 0.2) is 12.1 Å². The monoisotopic (exact) mass is 300 g/mol. The van der Waals surface area contributed by atoms with E-state index in [-0.39, 0.29) is 0 Å². The third-order valence-electron chi connectivity index (χ3n) is 3.79. The van der Waals surface area contributed by atoms with E-state index in [0.717, 1.165) is 17.3 Å². The van der Waals surface area contributed by atoms with Crippen LogP contribution >= 0.6 is 22.9 Å². The SMILES string of the molecule is CC(CC1CCCCCN1)NCCc1ccc(Cl)s1. The van der Waals surface area contributed by atoms with Crippen LogP contribution in [0.5, 0.6) is 0 Å². The highest BCUT2D eigenvalue weighted by atomic mass is 35.5. The van der Waals surface area contributed by atoms with Gasteiger partial charge in [-0.25, -0.2) is 0 Å². The molecule has 1 aromatic rings. The molecular weight excluding hydrogens is 276 g/mol. The van der Waals surface area contributed by atoms with Crippen molar-refractivity contribution in [2.24, 2.45) is 0 Å².